The first-order valence-corrected chi connectivity index (χ1v) is 4.06. The Morgan fingerprint density at radius 2 is 1.75 bits per heavy atom. The maximum Gasteiger partial charge on any atom is 0.0614 e. The van der Waals surface area contributed by atoms with Crippen LogP contribution < -0.4 is 0 Å². The van der Waals surface area contributed by atoms with Gasteiger partial charge in [-0.05, 0) is 33.6 Å². The highest BCUT2D eigenvalue weighted by Gasteiger charge is 1.86. The molecule has 0 radical (unpaired) electrons. The monoisotopic (exact) mass is 190 g/mol. The first-order valence-electron chi connectivity index (χ1n) is 4.06. The molecule has 0 saturated heterocycles. The lowest BCUT2D eigenvalue weighted by atomic mass is 10.1. The van der Waals surface area contributed by atoms with Crippen molar-refractivity contribution < 1.29 is 5.11 Å². The number of rotatable bonds is 4. The molecule has 0 atom stereocenters. The summed E-state index contributed by atoms with van der Waals surface area (Å²) in [6.45, 7) is 6.42. The van der Waals surface area contributed by atoms with E-state index in [-0.39, 0.29) is 19.0 Å². The summed E-state index contributed by atoms with van der Waals surface area (Å²) in [4.78, 5) is 0. The molecule has 0 spiro atoms. The van der Waals surface area contributed by atoms with Gasteiger partial charge in [0.2, 0.25) is 0 Å². The molecule has 0 rings (SSSR count). The molecule has 72 valence electrons. The molecule has 0 aromatic heterocycles. The summed E-state index contributed by atoms with van der Waals surface area (Å²) >= 11 is 0. The van der Waals surface area contributed by atoms with Gasteiger partial charge in [0.15, 0.2) is 0 Å². The number of aliphatic hydroxyl groups is 1. The van der Waals surface area contributed by atoms with E-state index in [1.54, 1.807) is 0 Å². The third kappa shape index (κ3) is 9.73. The molecule has 0 amide bonds. The summed E-state index contributed by atoms with van der Waals surface area (Å²) in [7, 11) is 0. The maximum atomic E-state index is 8.55. The smallest absolute Gasteiger partial charge is 0.0614 e. The molecule has 0 heterocycles. The first kappa shape index (κ1) is 14.3. The van der Waals surface area contributed by atoms with E-state index in [9.17, 15) is 0 Å². The quantitative estimate of drug-likeness (QED) is 0.676. The number of hydrogen-bond acceptors (Lipinski definition) is 1. The van der Waals surface area contributed by atoms with Crippen LogP contribution in [0.2, 0.25) is 0 Å². The topological polar surface area (TPSA) is 20.2 Å². The van der Waals surface area contributed by atoms with Crippen LogP contribution >= 0.6 is 12.4 Å². The van der Waals surface area contributed by atoms with Crippen LogP contribution in [0, 0.1) is 0 Å². The van der Waals surface area contributed by atoms with Gasteiger partial charge in [0, 0.05) is 0 Å². The second kappa shape index (κ2) is 8.82. The fourth-order valence-electron chi connectivity index (χ4n) is 0.846. The Balaban J connectivity index is 0. The second-order valence-corrected chi connectivity index (χ2v) is 3.05. The van der Waals surface area contributed by atoms with Gasteiger partial charge in [-0.25, -0.2) is 0 Å². The summed E-state index contributed by atoms with van der Waals surface area (Å²) in [5, 5.41) is 8.55. The Labute approximate surface area is 81.6 Å². The predicted molar refractivity (Wildman–Crippen MR) is 56.8 cm³/mol. The van der Waals surface area contributed by atoms with Gasteiger partial charge in [0.25, 0.3) is 0 Å². The van der Waals surface area contributed by atoms with E-state index in [0.717, 1.165) is 12.8 Å². The van der Waals surface area contributed by atoms with Crippen molar-refractivity contribution in [1.82, 2.24) is 0 Å². The highest BCUT2D eigenvalue weighted by Crippen LogP contribution is 2.05. The zero-order valence-corrected chi connectivity index (χ0v) is 8.95. The summed E-state index contributed by atoms with van der Waals surface area (Å²) in [6, 6.07) is 0. The Bertz CT molecular complexity index is 155. The minimum atomic E-state index is 0. The van der Waals surface area contributed by atoms with Gasteiger partial charge in [-0.2, -0.15) is 0 Å². The highest BCUT2D eigenvalue weighted by atomic mass is 35.5. The van der Waals surface area contributed by atoms with Crippen molar-refractivity contribution in [2.45, 2.75) is 33.6 Å². The Kier molecular flexibility index (Phi) is 10.5. The first-order chi connectivity index (χ1) is 5.16. The standard InChI is InChI=1S/C10H18O.ClH/c1-9(2)5-4-6-10(3)7-8-11;/h5,7,11H,4,6,8H2,1-3H3;1H/b10-7-;. The molecular formula is C10H19ClO. The normalized spacial score (nSPS) is 10.5. The van der Waals surface area contributed by atoms with Gasteiger partial charge in [0.05, 0.1) is 6.61 Å². The lowest BCUT2D eigenvalue weighted by Gasteiger charge is -1.96. The van der Waals surface area contributed by atoms with Crippen LogP contribution in [0.25, 0.3) is 0 Å². The molecular weight excluding hydrogens is 172 g/mol. The molecule has 0 aromatic carbocycles. The molecule has 1 N–H and O–H groups in total. The highest BCUT2D eigenvalue weighted by molar-refractivity contribution is 5.85. The van der Waals surface area contributed by atoms with Gasteiger partial charge < -0.3 is 5.11 Å². The van der Waals surface area contributed by atoms with Crippen LogP contribution in [0.1, 0.15) is 33.6 Å². The van der Waals surface area contributed by atoms with E-state index in [1.165, 1.54) is 11.1 Å². The molecule has 0 fully saturated rings. The van der Waals surface area contributed by atoms with Crippen molar-refractivity contribution >= 4 is 12.4 Å². The Morgan fingerprint density at radius 1 is 1.17 bits per heavy atom. The fourth-order valence-corrected chi connectivity index (χ4v) is 0.846. The zero-order chi connectivity index (χ0) is 8.69. The van der Waals surface area contributed by atoms with Crippen molar-refractivity contribution in [2.75, 3.05) is 6.61 Å². The summed E-state index contributed by atoms with van der Waals surface area (Å²) < 4.78 is 0. The molecule has 2 heteroatoms. The van der Waals surface area contributed by atoms with Crippen molar-refractivity contribution in [3.05, 3.63) is 23.3 Å². The predicted octanol–water partition coefficient (Wildman–Crippen LogP) is 3.09. The fraction of sp³-hybridized carbons (Fsp3) is 0.600. The number of aliphatic hydroxyl groups excluding tert-OH is 1. The molecule has 0 aliphatic rings. The SMILES string of the molecule is CC(C)=CCC/C(C)=C\CO.Cl. The largest absolute Gasteiger partial charge is 0.392 e. The Hall–Kier alpha value is -0.270. The van der Waals surface area contributed by atoms with Crippen LogP contribution in [-0.2, 0) is 0 Å². The number of hydrogen-bond donors (Lipinski definition) is 1. The molecule has 0 unspecified atom stereocenters. The van der Waals surface area contributed by atoms with E-state index >= 15 is 0 Å². The minimum Gasteiger partial charge on any atom is -0.392 e. The number of halogens is 1. The van der Waals surface area contributed by atoms with Crippen molar-refractivity contribution in [3.8, 4) is 0 Å². The van der Waals surface area contributed by atoms with Gasteiger partial charge in [-0.1, -0.05) is 23.3 Å². The Morgan fingerprint density at radius 3 is 2.17 bits per heavy atom. The van der Waals surface area contributed by atoms with Crippen molar-refractivity contribution in [2.24, 2.45) is 0 Å². The van der Waals surface area contributed by atoms with Crippen LogP contribution in [0.3, 0.4) is 0 Å². The average molecular weight is 191 g/mol. The molecule has 0 bridgehead atoms. The number of allylic oxidation sites excluding steroid dienone is 3. The van der Waals surface area contributed by atoms with E-state index in [2.05, 4.69) is 26.8 Å². The van der Waals surface area contributed by atoms with E-state index < -0.39 is 0 Å². The third-order valence-corrected chi connectivity index (χ3v) is 1.53. The molecule has 0 aliphatic heterocycles. The summed E-state index contributed by atoms with van der Waals surface area (Å²) in [5.41, 5.74) is 2.63. The lowest BCUT2D eigenvalue weighted by Crippen LogP contribution is -1.80. The molecule has 1 nitrogen and oxygen atoms in total. The molecule has 0 saturated carbocycles. The molecule has 12 heavy (non-hydrogen) atoms. The summed E-state index contributed by atoms with van der Waals surface area (Å²) in [5.74, 6) is 0. The van der Waals surface area contributed by atoms with Crippen molar-refractivity contribution in [3.63, 3.8) is 0 Å². The van der Waals surface area contributed by atoms with Gasteiger partial charge in [-0.15, -0.1) is 12.4 Å². The minimum absolute atomic E-state index is 0. The zero-order valence-electron chi connectivity index (χ0n) is 8.13. The summed E-state index contributed by atoms with van der Waals surface area (Å²) in [6.07, 6.45) is 6.23. The third-order valence-electron chi connectivity index (χ3n) is 1.53. The van der Waals surface area contributed by atoms with Gasteiger partial charge in [0.1, 0.15) is 0 Å². The van der Waals surface area contributed by atoms with E-state index in [0.29, 0.717) is 0 Å². The average Bonchev–Trinajstić information content (AvgIpc) is 1.87. The molecule has 0 aliphatic carbocycles. The lowest BCUT2D eigenvalue weighted by molar-refractivity contribution is 0.341. The van der Waals surface area contributed by atoms with Gasteiger partial charge >= 0.3 is 0 Å². The van der Waals surface area contributed by atoms with Gasteiger partial charge in [-0.3, -0.25) is 0 Å². The van der Waals surface area contributed by atoms with E-state index in [1.807, 2.05) is 6.08 Å². The van der Waals surface area contributed by atoms with Crippen LogP contribution in [0.15, 0.2) is 23.3 Å². The van der Waals surface area contributed by atoms with Crippen molar-refractivity contribution in [1.29, 1.82) is 0 Å². The molecule has 0 aromatic rings. The van der Waals surface area contributed by atoms with Crippen LogP contribution in [-0.4, -0.2) is 11.7 Å². The van der Waals surface area contributed by atoms with E-state index in [4.69, 9.17) is 5.11 Å². The second-order valence-electron chi connectivity index (χ2n) is 3.05. The van der Waals surface area contributed by atoms with Crippen LogP contribution in [0.5, 0.6) is 0 Å². The maximum absolute atomic E-state index is 8.55. The van der Waals surface area contributed by atoms with Crippen LogP contribution in [0.4, 0.5) is 0 Å².